The molecular formula is C8H10F8O. The van der Waals surface area contributed by atoms with Crippen LogP contribution in [0.4, 0.5) is 35.1 Å². The lowest BCUT2D eigenvalue weighted by Gasteiger charge is -2.14. The van der Waals surface area contributed by atoms with Crippen molar-refractivity contribution in [3.05, 3.63) is 0 Å². The fourth-order valence-corrected chi connectivity index (χ4v) is 0.803. The van der Waals surface area contributed by atoms with Crippen molar-refractivity contribution in [1.82, 2.24) is 0 Å². The third kappa shape index (κ3) is 7.35. The molecule has 0 heterocycles. The highest BCUT2D eigenvalue weighted by molar-refractivity contribution is 4.66. The molecule has 0 bridgehead atoms. The molecule has 0 aliphatic carbocycles. The van der Waals surface area contributed by atoms with Crippen LogP contribution in [0.3, 0.4) is 0 Å². The third-order valence-corrected chi connectivity index (χ3v) is 1.74. The van der Waals surface area contributed by atoms with Gasteiger partial charge in [0.2, 0.25) is 0 Å². The van der Waals surface area contributed by atoms with Gasteiger partial charge >= 0.3 is 12.4 Å². The number of rotatable bonds is 6. The van der Waals surface area contributed by atoms with E-state index in [-0.39, 0.29) is 0 Å². The average Bonchev–Trinajstić information content (AvgIpc) is 2.13. The van der Waals surface area contributed by atoms with Crippen molar-refractivity contribution in [2.45, 2.75) is 37.5 Å². The predicted octanol–water partition coefficient (Wildman–Crippen LogP) is 3.58. The van der Waals surface area contributed by atoms with Gasteiger partial charge in [0.25, 0.3) is 0 Å². The first-order valence-electron chi connectivity index (χ1n) is 4.54. The largest absolute Gasteiger partial charge is 0.419 e. The number of hydrogen-bond acceptors (Lipinski definition) is 1. The zero-order valence-electron chi connectivity index (χ0n) is 8.42. The summed E-state index contributed by atoms with van der Waals surface area (Å²) in [5.41, 5.74) is 0. The summed E-state index contributed by atoms with van der Waals surface area (Å²) in [4.78, 5) is 0. The fraction of sp³-hybridized carbons (Fsp3) is 1.00. The second-order valence-corrected chi connectivity index (χ2v) is 3.21. The SMILES string of the molecule is FC(CCOCCC(F)C(F)(F)F)C(F)(F)F. The maximum Gasteiger partial charge on any atom is 0.419 e. The van der Waals surface area contributed by atoms with Gasteiger partial charge in [0, 0.05) is 26.1 Å². The number of ether oxygens (including phenoxy) is 1. The second kappa shape index (κ2) is 6.36. The van der Waals surface area contributed by atoms with Crippen LogP contribution in [0.5, 0.6) is 0 Å². The monoisotopic (exact) mass is 274 g/mol. The lowest BCUT2D eigenvalue weighted by molar-refractivity contribution is -0.188. The quantitative estimate of drug-likeness (QED) is 0.531. The first-order chi connectivity index (χ1) is 7.55. The van der Waals surface area contributed by atoms with Crippen LogP contribution in [0.1, 0.15) is 12.8 Å². The molecule has 0 radical (unpaired) electrons. The standard InChI is InChI=1S/C8H10F8O/c9-5(7(11,12)13)1-3-17-4-2-6(10)8(14,15)16/h5-6H,1-4H2. The zero-order chi connectivity index (χ0) is 13.7. The van der Waals surface area contributed by atoms with E-state index in [0.717, 1.165) is 0 Å². The number of alkyl halides is 8. The summed E-state index contributed by atoms with van der Waals surface area (Å²) in [5.74, 6) is 0. The third-order valence-electron chi connectivity index (χ3n) is 1.74. The molecule has 9 heteroatoms. The normalized spacial score (nSPS) is 16.9. The first kappa shape index (κ1) is 16.4. The van der Waals surface area contributed by atoms with Crippen molar-refractivity contribution in [3.63, 3.8) is 0 Å². The van der Waals surface area contributed by atoms with E-state index in [4.69, 9.17) is 0 Å². The van der Waals surface area contributed by atoms with E-state index in [2.05, 4.69) is 4.74 Å². The van der Waals surface area contributed by atoms with Crippen LogP contribution < -0.4 is 0 Å². The van der Waals surface area contributed by atoms with E-state index < -0.39 is 50.8 Å². The van der Waals surface area contributed by atoms with Crippen LogP contribution in [0.25, 0.3) is 0 Å². The van der Waals surface area contributed by atoms with Crippen molar-refractivity contribution < 1.29 is 39.9 Å². The molecule has 104 valence electrons. The van der Waals surface area contributed by atoms with Gasteiger partial charge in [-0.1, -0.05) is 0 Å². The second-order valence-electron chi connectivity index (χ2n) is 3.21. The molecule has 0 aromatic rings. The van der Waals surface area contributed by atoms with Crippen LogP contribution in [-0.2, 0) is 4.74 Å². The topological polar surface area (TPSA) is 9.23 Å². The lowest BCUT2D eigenvalue weighted by atomic mass is 10.2. The van der Waals surface area contributed by atoms with E-state index in [9.17, 15) is 35.1 Å². The molecule has 0 aromatic carbocycles. The Morgan fingerprint density at radius 1 is 0.706 bits per heavy atom. The van der Waals surface area contributed by atoms with Gasteiger partial charge in [0.1, 0.15) is 0 Å². The van der Waals surface area contributed by atoms with Crippen molar-refractivity contribution >= 4 is 0 Å². The highest BCUT2D eigenvalue weighted by atomic mass is 19.4. The van der Waals surface area contributed by atoms with Gasteiger partial charge in [0.15, 0.2) is 12.3 Å². The van der Waals surface area contributed by atoms with E-state index in [1.54, 1.807) is 0 Å². The Morgan fingerprint density at radius 3 is 1.24 bits per heavy atom. The van der Waals surface area contributed by atoms with Gasteiger partial charge in [0.05, 0.1) is 0 Å². The Labute approximate surface area is 91.7 Å². The predicted molar refractivity (Wildman–Crippen MR) is 42.0 cm³/mol. The summed E-state index contributed by atoms with van der Waals surface area (Å²) in [6, 6.07) is 0. The van der Waals surface area contributed by atoms with E-state index in [1.165, 1.54) is 0 Å². The average molecular weight is 274 g/mol. The molecule has 0 fully saturated rings. The lowest BCUT2D eigenvalue weighted by Crippen LogP contribution is -2.27. The molecule has 0 saturated carbocycles. The number of hydrogen-bond donors (Lipinski definition) is 0. The highest BCUT2D eigenvalue weighted by Gasteiger charge is 2.40. The van der Waals surface area contributed by atoms with Gasteiger partial charge in [-0.05, 0) is 0 Å². The summed E-state index contributed by atoms with van der Waals surface area (Å²) in [6.07, 6.45) is -18.3. The maximum atomic E-state index is 12.2. The van der Waals surface area contributed by atoms with Crippen LogP contribution in [0.2, 0.25) is 0 Å². The van der Waals surface area contributed by atoms with Crippen LogP contribution >= 0.6 is 0 Å². The molecule has 2 unspecified atom stereocenters. The molecule has 0 saturated heterocycles. The van der Waals surface area contributed by atoms with Crippen LogP contribution in [0.15, 0.2) is 0 Å². The molecule has 1 nitrogen and oxygen atoms in total. The van der Waals surface area contributed by atoms with E-state index in [0.29, 0.717) is 0 Å². The van der Waals surface area contributed by atoms with Gasteiger partial charge in [-0.3, -0.25) is 0 Å². The first-order valence-corrected chi connectivity index (χ1v) is 4.54. The summed E-state index contributed by atoms with van der Waals surface area (Å²) < 4.78 is 98.4. The molecule has 0 spiro atoms. The van der Waals surface area contributed by atoms with E-state index >= 15 is 0 Å². The Balaban J connectivity index is 3.61. The fourth-order valence-electron chi connectivity index (χ4n) is 0.803. The molecule has 0 aromatic heterocycles. The molecule has 0 N–H and O–H groups in total. The molecule has 2 atom stereocenters. The minimum atomic E-state index is -5.02. The minimum Gasteiger partial charge on any atom is -0.381 e. The van der Waals surface area contributed by atoms with Crippen molar-refractivity contribution in [3.8, 4) is 0 Å². The highest BCUT2D eigenvalue weighted by Crippen LogP contribution is 2.26. The Bertz CT molecular complexity index is 189. The van der Waals surface area contributed by atoms with Gasteiger partial charge < -0.3 is 4.74 Å². The van der Waals surface area contributed by atoms with Crippen molar-refractivity contribution in [2.24, 2.45) is 0 Å². The summed E-state index contributed by atoms with van der Waals surface area (Å²) >= 11 is 0. The van der Waals surface area contributed by atoms with Gasteiger partial charge in [-0.15, -0.1) is 0 Å². The molecule has 0 aliphatic rings. The Hall–Kier alpha value is -0.600. The minimum absolute atomic E-state index is 0.717. The molecular weight excluding hydrogens is 264 g/mol. The molecule has 0 rings (SSSR count). The summed E-state index contributed by atoms with van der Waals surface area (Å²) in [5, 5.41) is 0. The molecule has 17 heavy (non-hydrogen) atoms. The summed E-state index contributed by atoms with van der Waals surface area (Å²) in [7, 11) is 0. The van der Waals surface area contributed by atoms with Gasteiger partial charge in [-0.2, -0.15) is 26.3 Å². The summed E-state index contributed by atoms with van der Waals surface area (Å²) in [6.45, 7) is -1.43. The Morgan fingerprint density at radius 2 is 1.00 bits per heavy atom. The van der Waals surface area contributed by atoms with Crippen LogP contribution in [-0.4, -0.2) is 37.9 Å². The van der Waals surface area contributed by atoms with Gasteiger partial charge in [-0.25, -0.2) is 8.78 Å². The van der Waals surface area contributed by atoms with E-state index in [1.807, 2.05) is 0 Å². The molecule has 0 aliphatic heterocycles. The Kier molecular flexibility index (Phi) is 6.14. The maximum absolute atomic E-state index is 12.2. The van der Waals surface area contributed by atoms with Crippen LogP contribution in [0, 0.1) is 0 Å². The molecule has 0 amide bonds. The van der Waals surface area contributed by atoms with Crippen molar-refractivity contribution in [1.29, 1.82) is 0 Å². The zero-order valence-corrected chi connectivity index (χ0v) is 8.42. The smallest absolute Gasteiger partial charge is 0.381 e. The van der Waals surface area contributed by atoms with Crippen molar-refractivity contribution in [2.75, 3.05) is 13.2 Å². The number of halogens is 8.